The van der Waals surface area contributed by atoms with Gasteiger partial charge in [-0.05, 0) is 6.07 Å². The highest BCUT2D eigenvalue weighted by atomic mass is 19.1. The van der Waals surface area contributed by atoms with Crippen molar-refractivity contribution in [1.82, 2.24) is 4.98 Å². The van der Waals surface area contributed by atoms with Crippen LogP contribution in [0, 0.1) is 18.2 Å². The molecule has 0 unspecified atom stereocenters. The fourth-order valence-corrected chi connectivity index (χ4v) is 1.07. The molecule has 0 amide bonds. The predicted octanol–water partition coefficient (Wildman–Crippen LogP) is 0.782. The second kappa shape index (κ2) is 4.58. The van der Waals surface area contributed by atoms with Crippen molar-refractivity contribution in [2.45, 2.75) is 6.61 Å². The van der Waals surface area contributed by atoms with E-state index in [9.17, 15) is 4.39 Å². The minimum absolute atomic E-state index is 0.162. The highest BCUT2D eigenvalue weighted by molar-refractivity contribution is 5.43. The Labute approximate surface area is 82.2 Å². The van der Waals surface area contributed by atoms with Gasteiger partial charge in [-0.1, -0.05) is 5.92 Å². The van der Waals surface area contributed by atoms with Gasteiger partial charge < -0.3 is 10.0 Å². The van der Waals surface area contributed by atoms with Crippen LogP contribution in [0.3, 0.4) is 0 Å². The van der Waals surface area contributed by atoms with Crippen LogP contribution in [0.2, 0.25) is 0 Å². The minimum Gasteiger partial charge on any atom is -0.392 e. The number of hydrogen-bond acceptors (Lipinski definition) is 3. The molecule has 1 aromatic rings. The van der Waals surface area contributed by atoms with Crippen molar-refractivity contribution in [3.8, 4) is 12.3 Å². The molecule has 74 valence electrons. The molecule has 0 aliphatic rings. The quantitative estimate of drug-likeness (QED) is 0.722. The second-order valence-corrected chi connectivity index (χ2v) is 2.83. The molecule has 0 aliphatic heterocycles. The van der Waals surface area contributed by atoms with E-state index in [2.05, 4.69) is 10.9 Å². The van der Waals surface area contributed by atoms with Crippen LogP contribution in [0.25, 0.3) is 0 Å². The zero-order valence-electron chi connectivity index (χ0n) is 7.87. The van der Waals surface area contributed by atoms with Gasteiger partial charge in [0, 0.05) is 18.8 Å². The van der Waals surface area contributed by atoms with Crippen LogP contribution in [0.5, 0.6) is 0 Å². The summed E-state index contributed by atoms with van der Waals surface area (Å²) < 4.78 is 13.5. The van der Waals surface area contributed by atoms with E-state index in [1.54, 1.807) is 7.05 Å². The van der Waals surface area contributed by atoms with E-state index >= 15 is 0 Å². The minimum atomic E-state index is -0.521. The van der Waals surface area contributed by atoms with Gasteiger partial charge >= 0.3 is 0 Å². The Morgan fingerprint density at radius 2 is 2.43 bits per heavy atom. The molecule has 0 aromatic carbocycles. The number of nitrogens with zero attached hydrogens (tertiary/aromatic N) is 2. The van der Waals surface area contributed by atoms with Gasteiger partial charge in [0.05, 0.1) is 13.2 Å². The largest absolute Gasteiger partial charge is 0.392 e. The maximum absolute atomic E-state index is 13.5. The number of halogens is 1. The lowest BCUT2D eigenvalue weighted by Crippen LogP contribution is -2.20. The monoisotopic (exact) mass is 194 g/mol. The first-order valence-corrected chi connectivity index (χ1v) is 4.09. The molecule has 0 spiro atoms. The van der Waals surface area contributed by atoms with Crippen molar-refractivity contribution in [3.63, 3.8) is 0 Å². The molecule has 0 radical (unpaired) electrons. The van der Waals surface area contributed by atoms with Crippen molar-refractivity contribution in [1.29, 1.82) is 0 Å². The second-order valence-electron chi connectivity index (χ2n) is 2.83. The van der Waals surface area contributed by atoms with Gasteiger partial charge in [-0.25, -0.2) is 9.37 Å². The lowest BCUT2D eigenvalue weighted by Gasteiger charge is -2.16. The Hall–Kier alpha value is -1.60. The van der Waals surface area contributed by atoms with Crippen LogP contribution < -0.4 is 4.90 Å². The zero-order chi connectivity index (χ0) is 10.6. The van der Waals surface area contributed by atoms with Crippen molar-refractivity contribution < 1.29 is 9.50 Å². The first-order chi connectivity index (χ1) is 6.70. The van der Waals surface area contributed by atoms with Gasteiger partial charge in [0.25, 0.3) is 0 Å². The number of anilines is 1. The number of aliphatic hydroxyl groups excluding tert-OH is 1. The molecule has 1 rings (SSSR count). The molecule has 4 heteroatoms. The van der Waals surface area contributed by atoms with Gasteiger partial charge in [0.2, 0.25) is 0 Å². The molecule has 0 atom stereocenters. The molecule has 1 heterocycles. The fraction of sp³-hybridized carbons (Fsp3) is 0.300. The molecular formula is C10H11FN2O. The molecule has 0 fully saturated rings. The Morgan fingerprint density at radius 3 is 3.00 bits per heavy atom. The summed E-state index contributed by atoms with van der Waals surface area (Å²) in [6, 6.07) is 1.43. The first kappa shape index (κ1) is 10.5. The number of aromatic nitrogens is 1. The highest BCUT2D eigenvalue weighted by Gasteiger charge is 2.11. The van der Waals surface area contributed by atoms with E-state index < -0.39 is 5.82 Å². The lowest BCUT2D eigenvalue weighted by atomic mass is 10.2. The third kappa shape index (κ3) is 2.01. The molecule has 1 aromatic heterocycles. The smallest absolute Gasteiger partial charge is 0.171 e. The van der Waals surface area contributed by atoms with Gasteiger partial charge in [-0.3, -0.25) is 0 Å². The van der Waals surface area contributed by atoms with Crippen molar-refractivity contribution in [3.05, 3.63) is 23.6 Å². The fourth-order valence-electron chi connectivity index (χ4n) is 1.07. The van der Waals surface area contributed by atoms with Gasteiger partial charge in [0.15, 0.2) is 11.6 Å². The summed E-state index contributed by atoms with van der Waals surface area (Å²) in [5, 5.41) is 8.83. The van der Waals surface area contributed by atoms with Crippen LogP contribution in [0.1, 0.15) is 5.56 Å². The average Bonchev–Trinajstić information content (AvgIpc) is 2.18. The summed E-state index contributed by atoms with van der Waals surface area (Å²) >= 11 is 0. The van der Waals surface area contributed by atoms with E-state index in [4.69, 9.17) is 11.5 Å². The van der Waals surface area contributed by atoms with E-state index in [1.807, 2.05) is 0 Å². The molecule has 0 bridgehead atoms. The Kier molecular flexibility index (Phi) is 3.43. The summed E-state index contributed by atoms with van der Waals surface area (Å²) in [4.78, 5) is 5.36. The number of pyridine rings is 1. The van der Waals surface area contributed by atoms with E-state index in [-0.39, 0.29) is 24.5 Å². The van der Waals surface area contributed by atoms with Crippen LogP contribution in [0.4, 0.5) is 10.2 Å². The summed E-state index contributed by atoms with van der Waals surface area (Å²) in [5.74, 6) is 2.03. The first-order valence-electron chi connectivity index (χ1n) is 4.09. The Bertz CT molecular complexity index is 360. The topological polar surface area (TPSA) is 36.4 Å². The van der Waals surface area contributed by atoms with E-state index in [0.29, 0.717) is 0 Å². The molecule has 14 heavy (non-hydrogen) atoms. The Morgan fingerprint density at radius 1 is 1.71 bits per heavy atom. The number of hydrogen-bond donors (Lipinski definition) is 1. The number of aliphatic hydroxyl groups is 1. The van der Waals surface area contributed by atoms with Crippen LogP contribution in [-0.4, -0.2) is 23.7 Å². The summed E-state index contributed by atoms with van der Waals surface area (Å²) in [7, 11) is 1.65. The number of terminal acetylenes is 1. The van der Waals surface area contributed by atoms with Crippen LogP contribution in [0.15, 0.2) is 12.3 Å². The maximum atomic E-state index is 13.5. The SMILES string of the molecule is C#CCN(C)c1nccc(CO)c1F. The predicted molar refractivity (Wildman–Crippen MR) is 52.2 cm³/mol. The molecule has 0 saturated heterocycles. The van der Waals surface area contributed by atoms with E-state index in [1.165, 1.54) is 17.2 Å². The molecule has 0 saturated carbocycles. The molecule has 1 N–H and O–H groups in total. The summed E-state index contributed by atoms with van der Waals surface area (Å²) in [5.41, 5.74) is 0.221. The van der Waals surface area contributed by atoms with Crippen molar-refractivity contribution in [2.24, 2.45) is 0 Å². The van der Waals surface area contributed by atoms with Crippen molar-refractivity contribution >= 4 is 5.82 Å². The van der Waals surface area contributed by atoms with Crippen LogP contribution >= 0.6 is 0 Å². The zero-order valence-corrected chi connectivity index (χ0v) is 7.87. The van der Waals surface area contributed by atoms with Gasteiger partial charge in [-0.2, -0.15) is 0 Å². The normalized spacial score (nSPS) is 9.57. The van der Waals surface area contributed by atoms with E-state index in [0.717, 1.165) is 0 Å². The third-order valence-corrected chi connectivity index (χ3v) is 1.81. The van der Waals surface area contributed by atoms with Crippen molar-refractivity contribution in [2.75, 3.05) is 18.5 Å². The average molecular weight is 194 g/mol. The molecule has 0 aliphatic carbocycles. The van der Waals surface area contributed by atoms with Gasteiger partial charge in [0.1, 0.15) is 0 Å². The van der Waals surface area contributed by atoms with Crippen LogP contribution in [-0.2, 0) is 6.61 Å². The third-order valence-electron chi connectivity index (χ3n) is 1.81. The Balaban J connectivity index is 3.04. The summed E-state index contributed by atoms with van der Waals surface area (Å²) in [6.45, 7) is -0.0654. The lowest BCUT2D eigenvalue weighted by molar-refractivity contribution is 0.275. The number of rotatable bonds is 3. The highest BCUT2D eigenvalue weighted by Crippen LogP contribution is 2.17. The molecular weight excluding hydrogens is 183 g/mol. The molecule has 3 nitrogen and oxygen atoms in total. The standard InChI is InChI=1S/C10H11FN2O/c1-3-6-13(2)10-9(11)8(7-14)4-5-12-10/h1,4-5,14H,6-7H2,2H3. The van der Waals surface area contributed by atoms with Gasteiger partial charge in [-0.15, -0.1) is 6.42 Å². The summed E-state index contributed by atoms with van der Waals surface area (Å²) in [6.07, 6.45) is 6.54. The maximum Gasteiger partial charge on any atom is 0.171 e.